The maximum Gasteiger partial charge on any atom is 0.126 e. The van der Waals surface area contributed by atoms with Crippen LogP contribution in [-0.4, -0.2) is 32.1 Å². The van der Waals surface area contributed by atoms with Gasteiger partial charge in [0.15, 0.2) is 0 Å². The Morgan fingerprint density at radius 1 is 0.341 bits per heavy atom. The summed E-state index contributed by atoms with van der Waals surface area (Å²) < 4.78 is 7.43. The first-order chi connectivity index (χ1) is 37.7. The van der Waals surface area contributed by atoms with Crippen molar-refractivity contribution in [2.75, 3.05) is 6.61 Å². The van der Waals surface area contributed by atoms with E-state index in [0.29, 0.717) is 64.7 Å². The van der Waals surface area contributed by atoms with E-state index in [0.717, 1.165) is 84.8 Å². The van der Waals surface area contributed by atoms with E-state index in [1.165, 1.54) is 12.8 Å². The number of fused-ring (bicyclic) bond motifs is 14. The van der Waals surface area contributed by atoms with E-state index < -0.39 is 0 Å². The molecule has 4 aliphatic rings. The van der Waals surface area contributed by atoms with Crippen LogP contribution in [0.1, 0.15) is 258 Å². The number of phenolic OH excluding ortho intramolecular Hbond substituents is 5. The number of ether oxygens (including phenoxy) is 1. The summed E-state index contributed by atoms with van der Waals surface area (Å²) in [6.45, 7) is 45.1. The van der Waals surface area contributed by atoms with Gasteiger partial charge in [-0.15, -0.1) is 0 Å². The number of benzene rings is 6. The van der Waals surface area contributed by atoms with Crippen molar-refractivity contribution in [2.24, 2.45) is 23.2 Å². The van der Waals surface area contributed by atoms with Gasteiger partial charge in [-0.1, -0.05) is 211 Å². The fourth-order valence-electron chi connectivity index (χ4n) is 13.5. The molecule has 0 spiro atoms. The third-order valence-corrected chi connectivity index (χ3v) is 19.5. The summed E-state index contributed by atoms with van der Waals surface area (Å²) in [7, 11) is 0. The average Bonchev–Trinajstić information content (AvgIpc) is 3.05. The van der Waals surface area contributed by atoms with Gasteiger partial charge in [0.2, 0.25) is 0 Å². The van der Waals surface area contributed by atoms with Crippen LogP contribution in [0, 0.1) is 23.2 Å². The summed E-state index contributed by atoms with van der Waals surface area (Å²) in [5.41, 5.74) is 14.2. The van der Waals surface area contributed by atoms with E-state index >= 15 is 0 Å². The van der Waals surface area contributed by atoms with Crippen LogP contribution >= 0.6 is 0 Å². The van der Waals surface area contributed by atoms with Gasteiger partial charge in [0.05, 0.1) is 6.61 Å². The highest BCUT2D eigenvalue weighted by Crippen LogP contribution is 2.61. The lowest BCUT2D eigenvalue weighted by Gasteiger charge is -2.60. The fraction of sp³-hybridized carbons (Fsp3) is 0.526. The Hall–Kier alpha value is -5.88. The summed E-state index contributed by atoms with van der Waals surface area (Å²) in [5.74, 6) is 3.41. The summed E-state index contributed by atoms with van der Waals surface area (Å²) in [5, 5.41) is 63.9. The highest BCUT2D eigenvalue weighted by molar-refractivity contribution is 5.61. The molecule has 5 N–H and O–H groups in total. The Morgan fingerprint density at radius 2 is 0.549 bits per heavy atom. The molecule has 10 rings (SSSR count). The second kappa shape index (κ2) is 21.0. The van der Waals surface area contributed by atoms with Crippen molar-refractivity contribution >= 4 is 0 Å². The zero-order valence-electron chi connectivity index (χ0n) is 53.9. The van der Waals surface area contributed by atoms with E-state index in [9.17, 15) is 25.5 Å². The van der Waals surface area contributed by atoms with E-state index in [2.05, 4.69) is 211 Å². The largest absolute Gasteiger partial charge is 0.507 e. The van der Waals surface area contributed by atoms with Gasteiger partial charge in [-0.25, -0.2) is 0 Å². The van der Waals surface area contributed by atoms with Crippen LogP contribution < -0.4 is 4.74 Å². The van der Waals surface area contributed by atoms with Gasteiger partial charge in [0.1, 0.15) is 34.5 Å². The number of aromatic hydroxyl groups is 5. The van der Waals surface area contributed by atoms with Crippen LogP contribution in [-0.2, 0) is 71.0 Å². The van der Waals surface area contributed by atoms with Crippen molar-refractivity contribution < 1.29 is 30.3 Å². The Balaban J connectivity index is 1.35. The third-order valence-electron chi connectivity index (χ3n) is 19.5. The van der Waals surface area contributed by atoms with Crippen LogP contribution in [0.2, 0.25) is 0 Å². The molecule has 6 heteroatoms. The molecular weight excluding hydrogens is 1010 g/mol. The topological polar surface area (TPSA) is 110 Å². The zero-order chi connectivity index (χ0) is 60.4. The summed E-state index contributed by atoms with van der Waals surface area (Å²) in [6.07, 6.45) is 5.45. The molecule has 0 saturated heterocycles. The van der Waals surface area contributed by atoms with Crippen molar-refractivity contribution in [3.8, 4) is 34.5 Å². The molecule has 14 bridgehead atoms. The molecule has 0 unspecified atom stereocenters. The second-order valence-corrected chi connectivity index (χ2v) is 32.4. The first-order valence-corrected chi connectivity index (χ1v) is 30.7. The molecule has 82 heavy (non-hydrogen) atoms. The first kappa shape index (κ1) is 60.7. The SMILES string of the molecule is CC(C)(C)c1cc2c(O)c(c1)Cc1cc(C(C)(C)C)cc(c1O)Cc1cc(C(C)(C)C)cc(c1O)Cc1cc(C(C)(C)C)cc(c1OC[C@@H]1CC[C@@H]3C[C@H]1C3(C)C)Cc1cc(C(C)(C)C)cc(c1O)Cc1cc(C(C)(C)C)cc(c1O)C2. The minimum Gasteiger partial charge on any atom is -0.507 e. The van der Waals surface area contributed by atoms with Crippen molar-refractivity contribution in [3.63, 3.8) is 0 Å². The lowest BCUT2D eigenvalue weighted by Crippen LogP contribution is -2.53. The van der Waals surface area contributed by atoms with Gasteiger partial charge >= 0.3 is 0 Å². The van der Waals surface area contributed by atoms with Crippen LogP contribution in [0.3, 0.4) is 0 Å². The van der Waals surface area contributed by atoms with Crippen LogP contribution in [0.15, 0.2) is 72.8 Å². The number of hydrogen-bond acceptors (Lipinski definition) is 6. The molecule has 3 atom stereocenters. The molecule has 6 nitrogen and oxygen atoms in total. The molecule has 4 aliphatic carbocycles. The normalized spacial score (nSPS) is 18.8. The third kappa shape index (κ3) is 12.2. The Bertz CT molecular complexity index is 3240. The molecule has 6 aromatic rings. The lowest BCUT2D eigenvalue weighted by molar-refractivity contribution is -0.114. The molecule has 3 fully saturated rings. The molecule has 0 radical (unpaired) electrons. The molecule has 0 aliphatic heterocycles. The predicted molar refractivity (Wildman–Crippen MR) is 340 cm³/mol. The van der Waals surface area contributed by atoms with E-state index in [-0.39, 0.29) is 92.3 Å². The second-order valence-electron chi connectivity index (χ2n) is 32.4. The van der Waals surface area contributed by atoms with Crippen molar-refractivity contribution in [1.29, 1.82) is 0 Å². The van der Waals surface area contributed by atoms with Crippen LogP contribution in [0.4, 0.5) is 0 Å². The quantitative estimate of drug-likeness (QED) is 0.121. The van der Waals surface area contributed by atoms with Crippen LogP contribution in [0.25, 0.3) is 0 Å². The van der Waals surface area contributed by atoms with Crippen molar-refractivity contribution in [2.45, 2.75) is 229 Å². The standard InChI is InChI=1S/C76H100O6/c1-70(2,3)57-29-44-23-46-31-58(71(4,5)6)33-48(65(46)78)25-50-35-60(73(10,11)12)37-52(67(50)80)27-54-39-62(75(16,17)18)40-55(69(54)82-42-43-21-22-56-41-63(43)76(56,19)20)28-53-38-61(74(13,14)15)36-51(68(53)81)26-49-34-59(72(7,8)9)32-47(66(49)79)24-45(30-57)64(44)77/h29-40,43,56,63,77-81H,21-28,41-42H2,1-20H3/t43-,56+,63+/m0/s1. The van der Waals surface area contributed by atoms with Crippen molar-refractivity contribution in [1.82, 2.24) is 0 Å². The molecule has 0 amide bonds. The predicted octanol–water partition coefficient (Wildman–Crippen LogP) is 18.3. The Kier molecular flexibility index (Phi) is 15.6. The van der Waals surface area contributed by atoms with Crippen LogP contribution in [0.5, 0.6) is 34.5 Å². The van der Waals surface area contributed by atoms with Crippen molar-refractivity contribution in [3.05, 3.63) is 173 Å². The van der Waals surface area contributed by atoms with Gasteiger partial charge in [-0.2, -0.15) is 0 Å². The average molecular weight is 1110 g/mol. The van der Waals surface area contributed by atoms with Gasteiger partial charge in [-0.3, -0.25) is 0 Å². The fourth-order valence-corrected chi connectivity index (χ4v) is 13.5. The van der Waals surface area contributed by atoms with Gasteiger partial charge < -0.3 is 30.3 Å². The highest BCUT2D eigenvalue weighted by atomic mass is 16.5. The number of rotatable bonds is 3. The zero-order valence-corrected chi connectivity index (χ0v) is 53.9. The number of phenols is 5. The van der Waals surface area contributed by atoms with Gasteiger partial charge in [-0.05, 0) is 175 Å². The first-order valence-electron chi connectivity index (χ1n) is 30.7. The molecule has 0 heterocycles. The summed E-state index contributed by atoms with van der Waals surface area (Å²) in [6, 6.07) is 25.7. The molecule has 440 valence electrons. The highest BCUT2D eigenvalue weighted by Gasteiger charge is 2.54. The maximum atomic E-state index is 12.9. The molecule has 3 saturated carbocycles. The molecule has 0 aromatic heterocycles. The summed E-state index contributed by atoms with van der Waals surface area (Å²) in [4.78, 5) is 0. The van der Waals surface area contributed by atoms with E-state index in [1.54, 1.807) is 0 Å². The maximum absolute atomic E-state index is 12.9. The minimum absolute atomic E-state index is 0.132. The molecule has 6 aromatic carbocycles. The molecular formula is C76H100O6. The monoisotopic (exact) mass is 1110 g/mol. The van der Waals surface area contributed by atoms with E-state index in [1.807, 2.05) is 0 Å². The van der Waals surface area contributed by atoms with Gasteiger partial charge in [0, 0.05) is 38.5 Å². The smallest absolute Gasteiger partial charge is 0.126 e. The number of hydrogen-bond donors (Lipinski definition) is 5. The minimum atomic E-state index is -0.296. The Morgan fingerprint density at radius 3 is 0.744 bits per heavy atom. The Labute approximate surface area is 493 Å². The lowest BCUT2D eigenvalue weighted by atomic mass is 9.46. The van der Waals surface area contributed by atoms with E-state index in [4.69, 9.17) is 4.74 Å². The van der Waals surface area contributed by atoms with Gasteiger partial charge in [0.25, 0.3) is 0 Å². The summed E-state index contributed by atoms with van der Waals surface area (Å²) >= 11 is 0.